The Kier molecular flexibility index (Phi) is 9.78. The molecule has 16 nitrogen and oxygen atoms in total. The molecular formula is C40H37ClF3N9O7. The Labute approximate surface area is 344 Å². The van der Waals surface area contributed by atoms with Gasteiger partial charge in [-0.3, -0.25) is 19.2 Å². The molecular weight excluding hydrogens is 811 g/mol. The third-order valence-corrected chi connectivity index (χ3v) is 11.9. The van der Waals surface area contributed by atoms with Gasteiger partial charge in [-0.25, -0.2) is 4.98 Å². The fraction of sp³-hybridized carbons (Fsp3) is 0.375. The van der Waals surface area contributed by atoms with Crippen LogP contribution in [-0.4, -0.2) is 109 Å². The Hall–Kier alpha value is -6.05. The molecule has 20 heteroatoms. The minimum absolute atomic E-state index is 0.0183. The number of aromatic nitrogens is 5. The van der Waals surface area contributed by atoms with Crippen molar-refractivity contribution >= 4 is 46.5 Å². The summed E-state index contributed by atoms with van der Waals surface area (Å²) in [6.45, 7) is 3.95. The number of amides is 3. The molecule has 9 rings (SSSR count). The predicted octanol–water partition coefficient (Wildman–Crippen LogP) is 4.24. The number of halogens is 4. The number of fused-ring (bicyclic) bond motifs is 4. The highest BCUT2D eigenvalue weighted by Crippen LogP contribution is 2.48. The maximum absolute atomic E-state index is 14.6. The molecule has 3 fully saturated rings. The van der Waals surface area contributed by atoms with Crippen LogP contribution in [0.4, 0.5) is 24.5 Å². The van der Waals surface area contributed by atoms with Crippen LogP contribution in [0.2, 0.25) is 5.02 Å². The van der Waals surface area contributed by atoms with Crippen molar-refractivity contribution in [2.45, 2.75) is 50.2 Å². The second-order valence-electron chi connectivity index (χ2n) is 15.2. The highest BCUT2D eigenvalue weighted by molar-refractivity contribution is 6.33. The lowest BCUT2D eigenvalue weighted by molar-refractivity contribution is -0.148. The minimum atomic E-state index is -4.64. The molecule has 312 valence electrons. The fourth-order valence-electron chi connectivity index (χ4n) is 8.68. The van der Waals surface area contributed by atoms with Gasteiger partial charge < -0.3 is 39.2 Å². The molecule has 5 aromatic rings. The highest BCUT2D eigenvalue weighted by Gasteiger charge is 2.51. The van der Waals surface area contributed by atoms with Crippen LogP contribution in [0.5, 0.6) is 5.75 Å². The van der Waals surface area contributed by atoms with Gasteiger partial charge in [-0.15, -0.1) is 5.10 Å². The molecule has 4 aliphatic rings. The van der Waals surface area contributed by atoms with Crippen molar-refractivity contribution in [1.82, 2.24) is 33.9 Å². The van der Waals surface area contributed by atoms with E-state index in [1.165, 1.54) is 27.8 Å². The number of piperazine rings is 1. The second kappa shape index (κ2) is 14.9. The van der Waals surface area contributed by atoms with Crippen molar-refractivity contribution in [1.29, 1.82) is 0 Å². The molecule has 2 N–H and O–H groups in total. The summed E-state index contributed by atoms with van der Waals surface area (Å²) in [5.41, 5.74) is -0.746. The lowest BCUT2D eigenvalue weighted by atomic mass is 9.85. The molecule has 1 spiro atoms. The van der Waals surface area contributed by atoms with Crippen molar-refractivity contribution < 1.29 is 42.1 Å². The molecule has 0 bridgehead atoms. The number of benzene rings is 2. The third-order valence-electron chi connectivity index (χ3n) is 11.6. The number of pyridine rings is 1. The van der Waals surface area contributed by atoms with E-state index in [1.807, 2.05) is 29.2 Å². The summed E-state index contributed by atoms with van der Waals surface area (Å²) in [5, 5.41) is 17.2. The largest absolute Gasteiger partial charge is 0.505 e. The summed E-state index contributed by atoms with van der Waals surface area (Å²) in [4.78, 5) is 68.4. The first-order valence-corrected chi connectivity index (χ1v) is 19.6. The molecule has 0 radical (unpaired) electrons. The molecule has 60 heavy (non-hydrogen) atoms. The van der Waals surface area contributed by atoms with Crippen LogP contribution in [-0.2, 0) is 37.4 Å². The van der Waals surface area contributed by atoms with Crippen LogP contribution in [0.1, 0.15) is 53.2 Å². The van der Waals surface area contributed by atoms with Gasteiger partial charge in [-0.2, -0.15) is 22.7 Å². The van der Waals surface area contributed by atoms with Crippen molar-refractivity contribution in [2.24, 2.45) is 0 Å². The maximum atomic E-state index is 14.6. The van der Waals surface area contributed by atoms with Gasteiger partial charge in [-0.05, 0) is 74.4 Å². The standard InChI is InChI=1S/C40H37ClF3N9O7/c1-22-34-32(39(60-22)10-13-49(14-11-39)37(58)33-29(54)3-2-12-45-33)36(57)53-38(52(34)19-30(55)46-28-9-6-24(17-27(28)41)40(42,43)44)47-35(48-53)23-4-7-25(8-5-23)50-15-16-51-26(18-50)20-59-21-31(51)56/h2-9,12,17,22,26,54H,10-11,13-16,18-21H2,1H3,(H,46,55)/t22-,26+/m1/s1. The van der Waals surface area contributed by atoms with Gasteiger partial charge in [0.05, 0.1) is 46.3 Å². The number of rotatable bonds is 6. The monoisotopic (exact) mass is 847 g/mol. The number of hydrogen-bond donors (Lipinski definition) is 2. The van der Waals surface area contributed by atoms with Gasteiger partial charge in [0.1, 0.15) is 24.5 Å². The van der Waals surface area contributed by atoms with Crippen molar-refractivity contribution in [3.63, 3.8) is 0 Å². The number of carbonyl (C=O) groups excluding carboxylic acids is 3. The average molecular weight is 848 g/mol. The van der Waals surface area contributed by atoms with Gasteiger partial charge in [0.15, 0.2) is 11.5 Å². The molecule has 4 aliphatic heterocycles. The molecule has 3 amide bonds. The van der Waals surface area contributed by atoms with E-state index < -0.39 is 47.4 Å². The normalized spacial score (nSPS) is 20.1. The molecule has 7 heterocycles. The Morgan fingerprint density at radius 1 is 1.05 bits per heavy atom. The van der Waals surface area contributed by atoms with Gasteiger partial charge in [0.2, 0.25) is 17.6 Å². The van der Waals surface area contributed by atoms with Gasteiger partial charge in [0.25, 0.3) is 11.5 Å². The van der Waals surface area contributed by atoms with E-state index in [0.29, 0.717) is 37.5 Å². The van der Waals surface area contributed by atoms with Crippen molar-refractivity contribution in [3.8, 4) is 17.1 Å². The number of nitrogens with zero attached hydrogens (tertiary/aromatic N) is 8. The molecule has 0 unspecified atom stereocenters. The number of piperidine rings is 1. The number of alkyl halides is 3. The zero-order chi connectivity index (χ0) is 42.1. The molecule has 3 aromatic heterocycles. The first-order valence-electron chi connectivity index (χ1n) is 19.2. The van der Waals surface area contributed by atoms with E-state index in [1.54, 1.807) is 6.92 Å². The second-order valence-corrected chi connectivity index (χ2v) is 15.6. The SMILES string of the molecule is C[C@H]1OC2(CCN(C(=O)c3ncccc3O)CC2)c2c1n(CC(=O)Nc1ccc(C(F)(F)F)cc1Cl)c1nc(-c3ccc(N4CCN5C(=O)COC[C@@H]5C4)cc3)nn1c2=O. The Balaban J connectivity index is 1.06. The number of likely N-dealkylation sites (tertiary alicyclic amines) is 1. The Morgan fingerprint density at radius 3 is 2.53 bits per heavy atom. The molecule has 3 saturated heterocycles. The van der Waals surface area contributed by atoms with Gasteiger partial charge >= 0.3 is 6.18 Å². The van der Waals surface area contributed by atoms with E-state index in [0.717, 1.165) is 28.4 Å². The summed E-state index contributed by atoms with van der Waals surface area (Å²) in [6, 6.07) is 12.9. The average Bonchev–Trinajstić information content (AvgIpc) is 3.80. The number of morpholine rings is 1. The van der Waals surface area contributed by atoms with E-state index in [-0.39, 0.29) is 83.8 Å². The third kappa shape index (κ3) is 6.89. The number of hydrogen-bond acceptors (Lipinski definition) is 11. The Bertz CT molecular complexity index is 2610. The number of aromatic hydroxyl groups is 1. The summed E-state index contributed by atoms with van der Waals surface area (Å²) < 4.78 is 54.7. The first-order chi connectivity index (χ1) is 28.7. The quantitative estimate of drug-likeness (QED) is 0.250. The van der Waals surface area contributed by atoms with Gasteiger partial charge in [-0.1, -0.05) is 11.6 Å². The molecule has 0 aliphatic carbocycles. The van der Waals surface area contributed by atoms with Crippen LogP contribution in [0.15, 0.2) is 65.6 Å². The number of nitrogens with one attached hydrogen (secondary N) is 1. The van der Waals surface area contributed by atoms with Crippen LogP contribution in [0, 0.1) is 0 Å². The van der Waals surface area contributed by atoms with E-state index in [2.05, 4.69) is 20.3 Å². The summed E-state index contributed by atoms with van der Waals surface area (Å²) in [6.07, 6.45) is -3.60. The highest BCUT2D eigenvalue weighted by atomic mass is 35.5. The zero-order valence-electron chi connectivity index (χ0n) is 32.0. The van der Waals surface area contributed by atoms with E-state index >= 15 is 0 Å². The predicted molar refractivity (Wildman–Crippen MR) is 209 cm³/mol. The van der Waals surface area contributed by atoms with Crippen LogP contribution < -0.4 is 15.8 Å². The van der Waals surface area contributed by atoms with E-state index in [4.69, 9.17) is 26.1 Å². The number of anilines is 2. The summed E-state index contributed by atoms with van der Waals surface area (Å²) in [5.74, 6) is -1.21. The lowest BCUT2D eigenvalue weighted by Crippen LogP contribution is -2.60. The number of ether oxygens (including phenoxy) is 2. The first kappa shape index (κ1) is 39.4. The summed E-state index contributed by atoms with van der Waals surface area (Å²) >= 11 is 6.18. The van der Waals surface area contributed by atoms with Crippen molar-refractivity contribution in [3.05, 3.63) is 98.7 Å². The number of carbonyl (C=O) groups is 3. The smallest absolute Gasteiger partial charge is 0.416 e. The molecule has 0 saturated carbocycles. The fourth-order valence-corrected chi connectivity index (χ4v) is 8.91. The van der Waals surface area contributed by atoms with Crippen LogP contribution >= 0.6 is 11.6 Å². The Morgan fingerprint density at radius 2 is 1.82 bits per heavy atom. The van der Waals surface area contributed by atoms with Crippen LogP contribution in [0.25, 0.3) is 17.2 Å². The minimum Gasteiger partial charge on any atom is -0.505 e. The zero-order valence-corrected chi connectivity index (χ0v) is 32.7. The molecule has 2 atom stereocenters. The van der Waals surface area contributed by atoms with Crippen LogP contribution in [0.3, 0.4) is 0 Å². The van der Waals surface area contributed by atoms with Crippen molar-refractivity contribution in [2.75, 3.05) is 56.2 Å². The van der Waals surface area contributed by atoms with E-state index in [9.17, 15) is 37.5 Å². The topological polar surface area (TPSA) is 177 Å². The van der Waals surface area contributed by atoms with Gasteiger partial charge in [0, 0.05) is 50.2 Å². The molecule has 2 aromatic carbocycles. The maximum Gasteiger partial charge on any atom is 0.416 e. The lowest BCUT2D eigenvalue weighted by Gasteiger charge is -2.44. The summed E-state index contributed by atoms with van der Waals surface area (Å²) in [7, 11) is 0.